The Labute approximate surface area is 80.1 Å². The molecule has 3 nitrogen and oxygen atoms in total. The predicted octanol–water partition coefficient (Wildman–Crippen LogP) is 1.59. The normalized spacial score (nSPS) is 16.5. The summed E-state index contributed by atoms with van der Waals surface area (Å²) >= 11 is 0. The van der Waals surface area contributed by atoms with Gasteiger partial charge in [-0.15, -0.1) is 0 Å². The fourth-order valence-electron chi connectivity index (χ4n) is 1.31. The van der Waals surface area contributed by atoms with Crippen molar-refractivity contribution in [2.45, 2.75) is 40.2 Å². The summed E-state index contributed by atoms with van der Waals surface area (Å²) in [7, 11) is 1.36. The van der Waals surface area contributed by atoms with Gasteiger partial charge >= 0.3 is 5.97 Å². The second-order valence-electron chi connectivity index (χ2n) is 4.57. The second kappa shape index (κ2) is 4.61. The van der Waals surface area contributed by atoms with Crippen LogP contribution in [0.25, 0.3) is 0 Å². The molecule has 0 aromatic carbocycles. The summed E-state index contributed by atoms with van der Waals surface area (Å²) in [6.07, 6.45) is -0.207. The number of carbonyl (C=O) groups excluding carboxylic acids is 1. The molecule has 0 saturated heterocycles. The van der Waals surface area contributed by atoms with Crippen LogP contribution in [-0.2, 0) is 9.53 Å². The van der Waals surface area contributed by atoms with E-state index in [-0.39, 0.29) is 23.7 Å². The van der Waals surface area contributed by atoms with Crippen LogP contribution in [0.5, 0.6) is 0 Å². The number of esters is 1. The molecule has 1 N–H and O–H groups in total. The first kappa shape index (κ1) is 12.4. The lowest BCUT2D eigenvalue weighted by atomic mass is 9.81. The Bertz CT molecular complexity index is 169. The van der Waals surface area contributed by atoms with Gasteiger partial charge in [0, 0.05) is 0 Å². The number of rotatable bonds is 3. The van der Waals surface area contributed by atoms with Crippen molar-refractivity contribution in [2.24, 2.45) is 11.3 Å². The fraction of sp³-hybridized carbons (Fsp3) is 0.900. The number of carbonyl (C=O) groups is 1. The van der Waals surface area contributed by atoms with Crippen LogP contribution in [-0.4, -0.2) is 24.3 Å². The van der Waals surface area contributed by atoms with Gasteiger partial charge in [-0.1, -0.05) is 27.7 Å². The van der Waals surface area contributed by atoms with Crippen molar-refractivity contribution in [3.63, 3.8) is 0 Å². The van der Waals surface area contributed by atoms with Gasteiger partial charge in [0.05, 0.1) is 19.6 Å². The summed E-state index contributed by atoms with van der Waals surface area (Å²) < 4.78 is 4.53. The van der Waals surface area contributed by atoms with Gasteiger partial charge in [0.1, 0.15) is 0 Å². The molecule has 0 aliphatic carbocycles. The average molecular weight is 188 g/mol. The van der Waals surface area contributed by atoms with E-state index in [0.29, 0.717) is 0 Å². The van der Waals surface area contributed by atoms with Crippen LogP contribution in [0, 0.1) is 11.3 Å². The van der Waals surface area contributed by atoms with E-state index in [4.69, 9.17) is 0 Å². The van der Waals surface area contributed by atoms with E-state index in [9.17, 15) is 9.90 Å². The molecule has 78 valence electrons. The highest BCUT2D eigenvalue weighted by Gasteiger charge is 2.28. The predicted molar refractivity (Wildman–Crippen MR) is 51.3 cm³/mol. The van der Waals surface area contributed by atoms with Crippen LogP contribution in [0.4, 0.5) is 0 Å². The van der Waals surface area contributed by atoms with E-state index in [1.54, 1.807) is 0 Å². The number of methoxy groups -OCH3 is 1. The van der Waals surface area contributed by atoms with Crippen molar-refractivity contribution in [3.05, 3.63) is 0 Å². The zero-order valence-corrected chi connectivity index (χ0v) is 9.13. The van der Waals surface area contributed by atoms with Gasteiger partial charge in [-0.05, 0) is 11.3 Å². The number of hydrogen-bond acceptors (Lipinski definition) is 3. The smallest absolute Gasteiger partial charge is 0.305 e. The van der Waals surface area contributed by atoms with Crippen molar-refractivity contribution in [1.29, 1.82) is 0 Å². The minimum atomic E-state index is -0.480. The van der Waals surface area contributed by atoms with E-state index in [1.165, 1.54) is 7.11 Å². The van der Waals surface area contributed by atoms with Gasteiger partial charge in [-0.2, -0.15) is 0 Å². The maximum Gasteiger partial charge on any atom is 0.305 e. The number of hydrogen-bond donors (Lipinski definition) is 1. The van der Waals surface area contributed by atoms with Gasteiger partial charge in [0.2, 0.25) is 0 Å². The lowest BCUT2D eigenvalue weighted by Crippen LogP contribution is -2.33. The molecule has 0 spiro atoms. The van der Waals surface area contributed by atoms with Crippen LogP contribution in [0.2, 0.25) is 0 Å². The zero-order chi connectivity index (χ0) is 10.6. The van der Waals surface area contributed by atoms with Crippen molar-refractivity contribution in [1.82, 2.24) is 0 Å². The molecule has 2 atom stereocenters. The van der Waals surface area contributed by atoms with Crippen molar-refractivity contribution in [3.8, 4) is 0 Å². The lowest BCUT2D eigenvalue weighted by molar-refractivity contribution is -0.143. The third-order valence-electron chi connectivity index (χ3n) is 2.14. The van der Waals surface area contributed by atoms with E-state index in [2.05, 4.69) is 4.74 Å². The first-order valence-corrected chi connectivity index (χ1v) is 4.54. The fourth-order valence-corrected chi connectivity index (χ4v) is 1.31. The average Bonchev–Trinajstić information content (AvgIpc) is 2.01. The highest BCUT2D eigenvalue weighted by molar-refractivity contribution is 5.69. The maximum absolute atomic E-state index is 10.9. The molecular formula is C10H20O3. The quantitative estimate of drug-likeness (QED) is 0.684. The van der Waals surface area contributed by atoms with Gasteiger partial charge in [-0.3, -0.25) is 4.79 Å². The SMILES string of the molecule is COC(=O)CC(C)C(O)C(C)(C)C. The molecular weight excluding hydrogens is 168 g/mol. The van der Waals surface area contributed by atoms with Crippen LogP contribution in [0.3, 0.4) is 0 Å². The Morgan fingerprint density at radius 3 is 2.23 bits per heavy atom. The van der Waals surface area contributed by atoms with Gasteiger partial charge < -0.3 is 9.84 Å². The molecule has 0 aliphatic rings. The molecule has 0 bridgehead atoms. The Kier molecular flexibility index (Phi) is 4.40. The van der Waals surface area contributed by atoms with Gasteiger partial charge in [-0.25, -0.2) is 0 Å². The molecule has 0 aromatic rings. The molecule has 2 unspecified atom stereocenters. The van der Waals surface area contributed by atoms with Crippen LogP contribution < -0.4 is 0 Å². The molecule has 0 aliphatic heterocycles. The first-order chi connectivity index (χ1) is 5.79. The zero-order valence-electron chi connectivity index (χ0n) is 9.13. The Hall–Kier alpha value is -0.570. The van der Waals surface area contributed by atoms with Gasteiger partial charge in [0.15, 0.2) is 0 Å². The summed E-state index contributed by atoms with van der Waals surface area (Å²) in [4.78, 5) is 10.9. The third-order valence-corrected chi connectivity index (χ3v) is 2.14. The molecule has 0 aromatic heterocycles. The van der Waals surface area contributed by atoms with Crippen LogP contribution >= 0.6 is 0 Å². The summed E-state index contributed by atoms with van der Waals surface area (Å²) in [6, 6.07) is 0. The summed E-state index contributed by atoms with van der Waals surface area (Å²) in [5, 5.41) is 9.79. The molecule has 0 fully saturated rings. The minimum Gasteiger partial charge on any atom is -0.469 e. The number of ether oxygens (including phenoxy) is 1. The minimum absolute atomic E-state index is 0.0625. The van der Waals surface area contributed by atoms with Crippen molar-refractivity contribution >= 4 is 5.97 Å². The Morgan fingerprint density at radius 2 is 1.92 bits per heavy atom. The number of aliphatic hydroxyl groups is 1. The highest BCUT2D eigenvalue weighted by atomic mass is 16.5. The maximum atomic E-state index is 10.9. The largest absolute Gasteiger partial charge is 0.469 e. The van der Waals surface area contributed by atoms with E-state index in [1.807, 2.05) is 27.7 Å². The van der Waals surface area contributed by atoms with E-state index < -0.39 is 6.10 Å². The second-order valence-corrected chi connectivity index (χ2v) is 4.57. The lowest BCUT2D eigenvalue weighted by Gasteiger charge is -2.30. The highest BCUT2D eigenvalue weighted by Crippen LogP contribution is 2.26. The van der Waals surface area contributed by atoms with Crippen LogP contribution in [0.15, 0.2) is 0 Å². The first-order valence-electron chi connectivity index (χ1n) is 4.54. The molecule has 13 heavy (non-hydrogen) atoms. The Morgan fingerprint density at radius 1 is 1.46 bits per heavy atom. The summed E-state index contributed by atoms with van der Waals surface area (Å²) in [6.45, 7) is 7.70. The summed E-state index contributed by atoms with van der Waals surface area (Å²) in [5.74, 6) is -0.330. The topological polar surface area (TPSA) is 46.5 Å². The molecule has 0 rings (SSSR count). The van der Waals surface area contributed by atoms with E-state index in [0.717, 1.165) is 0 Å². The standard InChI is InChI=1S/C10H20O3/c1-7(6-8(11)13-5)9(12)10(2,3)4/h7,9,12H,6H2,1-5H3. The third kappa shape index (κ3) is 4.27. The summed E-state index contributed by atoms with van der Waals surface area (Å²) in [5.41, 5.74) is -0.187. The monoisotopic (exact) mass is 188 g/mol. The molecule has 0 radical (unpaired) electrons. The Balaban J connectivity index is 4.11. The van der Waals surface area contributed by atoms with Gasteiger partial charge in [0.25, 0.3) is 0 Å². The van der Waals surface area contributed by atoms with E-state index >= 15 is 0 Å². The van der Waals surface area contributed by atoms with Crippen molar-refractivity contribution < 1.29 is 14.6 Å². The molecule has 0 heterocycles. The van der Waals surface area contributed by atoms with Crippen LogP contribution in [0.1, 0.15) is 34.1 Å². The molecule has 0 amide bonds. The molecule has 0 saturated carbocycles. The van der Waals surface area contributed by atoms with Crippen molar-refractivity contribution in [2.75, 3.05) is 7.11 Å². The number of aliphatic hydroxyl groups excluding tert-OH is 1. The molecule has 3 heteroatoms.